The first-order valence-electron chi connectivity index (χ1n) is 8.41. The summed E-state index contributed by atoms with van der Waals surface area (Å²) in [4.78, 5) is 8.30. The van der Waals surface area contributed by atoms with Crippen LogP contribution >= 0.6 is 11.8 Å². The molecule has 1 aromatic carbocycles. The van der Waals surface area contributed by atoms with Crippen molar-refractivity contribution in [1.29, 1.82) is 0 Å². The van der Waals surface area contributed by atoms with Gasteiger partial charge in [-0.05, 0) is 48.2 Å². The van der Waals surface area contributed by atoms with Crippen molar-refractivity contribution in [2.24, 2.45) is 0 Å². The second kappa shape index (κ2) is 8.06. The van der Waals surface area contributed by atoms with E-state index in [-0.39, 0.29) is 5.03 Å². The van der Waals surface area contributed by atoms with E-state index >= 15 is 0 Å². The summed E-state index contributed by atoms with van der Waals surface area (Å²) >= 11 is 1.02. The van der Waals surface area contributed by atoms with Gasteiger partial charge in [0, 0.05) is 12.4 Å². The van der Waals surface area contributed by atoms with Gasteiger partial charge in [-0.1, -0.05) is 0 Å². The maximum atomic E-state index is 12.7. The second-order valence-corrected chi connectivity index (χ2v) is 6.77. The maximum absolute atomic E-state index is 12.7. The quantitative estimate of drug-likeness (QED) is 0.473. The molecule has 0 fully saturated rings. The standard InChI is InChI=1S/C18H12F3N7OS/c1-29-12-4-2-11(3-5-12)28-16(13-10-22-8-9-23-13)26-27-17(28)30-15-7-6-14(24-25-15)18(19,20)21/h2-10H,1H3. The number of methoxy groups -OCH3 is 1. The summed E-state index contributed by atoms with van der Waals surface area (Å²) in [5, 5.41) is 15.8. The molecule has 0 atom stereocenters. The van der Waals surface area contributed by atoms with E-state index in [1.54, 1.807) is 35.9 Å². The van der Waals surface area contributed by atoms with Crippen molar-refractivity contribution >= 4 is 11.8 Å². The summed E-state index contributed by atoms with van der Waals surface area (Å²) < 4.78 is 45.1. The fraction of sp³-hybridized carbons (Fsp3) is 0.111. The van der Waals surface area contributed by atoms with E-state index in [9.17, 15) is 13.2 Å². The number of ether oxygens (including phenoxy) is 1. The number of hydrogen-bond acceptors (Lipinski definition) is 8. The molecular weight excluding hydrogens is 419 g/mol. The Labute approximate surface area is 172 Å². The van der Waals surface area contributed by atoms with Crippen molar-refractivity contribution in [3.63, 3.8) is 0 Å². The second-order valence-electron chi connectivity index (χ2n) is 5.79. The number of benzene rings is 1. The monoisotopic (exact) mass is 431 g/mol. The topological polar surface area (TPSA) is 91.5 Å². The van der Waals surface area contributed by atoms with Crippen molar-refractivity contribution in [2.45, 2.75) is 16.4 Å². The zero-order valence-electron chi connectivity index (χ0n) is 15.3. The molecule has 12 heteroatoms. The molecule has 0 aliphatic heterocycles. The van der Waals surface area contributed by atoms with Crippen LogP contribution in [0.15, 0.2) is 65.2 Å². The smallest absolute Gasteiger partial charge is 0.435 e. The number of halogens is 3. The number of rotatable bonds is 5. The van der Waals surface area contributed by atoms with Gasteiger partial charge in [-0.15, -0.1) is 20.4 Å². The molecule has 0 bridgehead atoms. The fourth-order valence-corrected chi connectivity index (χ4v) is 3.27. The normalized spacial score (nSPS) is 11.5. The van der Waals surface area contributed by atoms with Crippen molar-refractivity contribution in [2.75, 3.05) is 7.11 Å². The van der Waals surface area contributed by atoms with Gasteiger partial charge in [0.25, 0.3) is 0 Å². The minimum Gasteiger partial charge on any atom is -0.497 e. The molecule has 0 saturated heterocycles. The Morgan fingerprint density at radius 1 is 0.933 bits per heavy atom. The van der Waals surface area contributed by atoms with Crippen LogP contribution in [0.4, 0.5) is 13.2 Å². The number of hydrogen-bond donors (Lipinski definition) is 0. The van der Waals surface area contributed by atoms with Crippen molar-refractivity contribution < 1.29 is 17.9 Å². The van der Waals surface area contributed by atoms with Crippen LogP contribution in [0.25, 0.3) is 17.2 Å². The molecule has 3 heterocycles. The van der Waals surface area contributed by atoms with Gasteiger partial charge >= 0.3 is 6.18 Å². The molecule has 8 nitrogen and oxygen atoms in total. The first-order valence-corrected chi connectivity index (χ1v) is 9.22. The van der Waals surface area contributed by atoms with Gasteiger partial charge in [0.2, 0.25) is 5.16 Å². The molecule has 0 unspecified atom stereocenters. The molecule has 152 valence electrons. The molecule has 0 radical (unpaired) electrons. The number of nitrogens with zero attached hydrogens (tertiary/aromatic N) is 7. The van der Waals surface area contributed by atoms with Crippen LogP contribution in [0.2, 0.25) is 0 Å². The van der Waals surface area contributed by atoms with Gasteiger partial charge < -0.3 is 4.74 Å². The predicted octanol–water partition coefficient (Wildman–Crippen LogP) is 3.69. The van der Waals surface area contributed by atoms with Gasteiger partial charge in [-0.25, -0.2) is 4.98 Å². The van der Waals surface area contributed by atoms with Crippen molar-refractivity contribution in [1.82, 2.24) is 34.9 Å². The fourth-order valence-electron chi connectivity index (χ4n) is 2.50. The lowest BCUT2D eigenvalue weighted by Gasteiger charge is -2.10. The highest BCUT2D eigenvalue weighted by Gasteiger charge is 2.33. The molecule has 0 N–H and O–H groups in total. The highest BCUT2D eigenvalue weighted by Crippen LogP contribution is 2.32. The third-order valence-corrected chi connectivity index (χ3v) is 4.76. The van der Waals surface area contributed by atoms with Crippen LogP contribution < -0.4 is 4.74 Å². The van der Waals surface area contributed by atoms with Crippen LogP contribution in [0.3, 0.4) is 0 Å². The molecule has 4 aromatic rings. The Morgan fingerprint density at radius 3 is 2.33 bits per heavy atom. The van der Waals surface area contributed by atoms with Gasteiger partial charge in [-0.3, -0.25) is 9.55 Å². The summed E-state index contributed by atoms with van der Waals surface area (Å²) in [6.45, 7) is 0. The summed E-state index contributed by atoms with van der Waals surface area (Å²) in [7, 11) is 1.56. The lowest BCUT2D eigenvalue weighted by atomic mass is 10.3. The van der Waals surface area contributed by atoms with Crippen LogP contribution in [0.1, 0.15) is 5.69 Å². The number of alkyl halides is 3. The van der Waals surface area contributed by atoms with Crippen molar-refractivity contribution in [3.8, 4) is 23.0 Å². The van der Waals surface area contributed by atoms with Crippen LogP contribution in [0.5, 0.6) is 5.75 Å². The summed E-state index contributed by atoms with van der Waals surface area (Å²) in [5.41, 5.74) is 0.110. The van der Waals surface area contributed by atoms with E-state index in [0.717, 1.165) is 17.8 Å². The van der Waals surface area contributed by atoms with Crippen LogP contribution in [-0.2, 0) is 6.18 Å². The van der Waals surface area contributed by atoms with Crippen LogP contribution in [-0.4, -0.2) is 42.0 Å². The highest BCUT2D eigenvalue weighted by molar-refractivity contribution is 7.99. The summed E-state index contributed by atoms with van der Waals surface area (Å²) in [6, 6.07) is 9.22. The lowest BCUT2D eigenvalue weighted by molar-refractivity contribution is -0.141. The lowest BCUT2D eigenvalue weighted by Crippen LogP contribution is -2.09. The Kier molecular flexibility index (Phi) is 5.31. The average Bonchev–Trinajstić information content (AvgIpc) is 3.17. The first kappa shape index (κ1) is 19.8. The Bertz CT molecular complexity index is 1130. The Morgan fingerprint density at radius 2 is 1.73 bits per heavy atom. The average molecular weight is 431 g/mol. The Hall–Kier alpha value is -3.54. The molecule has 0 amide bonds. The molecule has 3 aromatic heterocycles. The zero-order valence-corrected chi connectivity index (χ0v) is 16.1. The molecule has 0 saturated carbocycles. The van der Waals surface area contributed by atoms with Crippen LogP contribution in [0, 0.1) is 0 Å². The molecule has 0 aliphatic carbocycles. The van der Waals surface area contributed by atoms with Gasteiger partial charge in [0.05, 0.1) is 19.0 Å². The molecular formula is C18H12F3N7OS. The van der Waals surface area contributed by atoms with E-state index < -0.39 is 11.9 Å². The molecule has 4 rings (SSSR count). The molecule has 0 spiro atoms. The highest BCUT2D eigenvalue weighted by atomic mass is 32.2. The third kappa shape index (κ3) is 4.08. The van der Waals surface area contributed by atoms with Crippen molar-refractivity contribution in [3.05, 3.63) is 60.7 Å². The van der Waals surface area contributed by atoms with E-state index in [4.69, 9.17) is 4.74 Å². The van der Waals surface area contributed by atoms with E-state index in [1.165, 1.54) is 24.7 Å². The Balaban J connectivity index is 1.75. The van der Waals surface area contributed by atoms with Gasteiger partial charge in [0.15, 0.2) is 11.5 Å². The van der Waals surface area contributed by atoms with Gasteiger partial charge in [-0.2, -0.15) is 13.2 Å². The molecule has 30 heavy (non-hydrogen) atoms. The summed E-state index contributed by atoms with van der Waals surface area (Å²) in [5.74, 6) is 1.08. The minimum atomic E-state index is -4.56. The maximum Gasteiger partial charge on any atom is 0.435 e. The third-order valence-electron chi connectivity index (χ3n) is 3.88. The number of aromatic nitrogens is 7. The first-order chi connectivity index (χ1) is 14.5. The van der Waals surface area contributed by atoms with E-state index in [1.807, 2.05) is 0 Å². The summed E-state index contributed by atoms with van der Waals surface area (Å²) in [6.07, 6.45) is 0.0381. The van der Waals surface area contributed by atoms with Gasteiger partial charge in [0.1, 0.15) is 16.5 Å². The van der Waals surface area contributed by atoms with E-state index in [2.05, 4.69) is 30.4 Å². The zero-order chi connectivity index (χ0) is 21.1. The van der Waals surface area contributed by atoms with E-state index in [0.29, 0.717) is 28.1 Å². The minimum absolute atomic E-state index is 0.232. The largest absolute Gasteiger partial charge is 0.497 e. The predicted molar refractivity (Wildman–Crippen MR) is 100 cm³/mol. The molecule has 0 aliphatic rings. The SMILES string of the molecule is COc1ccc(-n2c(Sc3ccc(C(F)(F)F)nn3)nnc2-c2cnccn2)cc1.